The number of hydrogen-bond donors (Lipinski definition) is 1. The summed E-state index contributed by atoms with van der Waals surface area (Å²) in [6, 6.07) is 11.0. The molecule has 0 aliphatic carbocycles. The first kappa shape index (κ1) is 13.4. The molecule has 6 heteroatoms. The Morgan fingerprint density at radius 1 is 1.24 bits per heavy atom. The Labute approximate surface area is 128 Å². The Balaban J connectivity index is 1.79. The Bertz CT molecular complexity index is 820. The van der Waals surface area contributed by atoms with Gasteiger partial charge in [-0.05, 0) is 30.0 Å². The average Bonchev–Trinajstić information content (AvgIpc) is 3.10. The van der Waals surface area contributed by atoms with E-state index in [1.165, 1.54) is 0 Å². The molecule has 2 unspecified atom stereocenters. The van der Waals surface area contributed by atoms with Crippen LogP contribution in [-0.2, 0) is 10.0 Å². The van der Waals surface area contributed by atoms with Gasteiger partial charge in [-0.2, -0.15) is 16.1 Å². The Morgan fingerprint density at radius 2 is 2.10 bits per heavy atom. The van der Waals surface area contributed by atoms with Gasteiger partial charge in [0, 0.05) is 34.7 Å². The van der Waals surface area contributed by atoms with Crippen LogP contribution in [0.5, 0.6) is 0 Å². The van der Waals surface area contributed by atoms with E-state index in [1.54, 1.807) is 22.5 Å². The van der Waals surface area contributed by atoms with Crippen molar-refractivity contribution >= 4 is 38.2 Å². The van der Waals surface area contributed by atoms with Gasteiger partial charge in [-0.15, -0.1) is 0 Å². The minimum atomic E-state index is -3.39. The molecule has 2 N–H and O–H groups in total. The lowest BCUT2D eigenvalue weighted by molar-refractivity contribution is 0.410. The van der Waals surface area contributed by atoms with Crippen molar-refractivity contribution in [1.29, 1.82) is 0 Å². The van der Waals surface area contributed by atoms with E-state index in [2.05, 4.69) is 0 Å². The minimum absolute atomic E-state index is 0.168. The van der Waals surface area contributed by atoms with E-state index < -0.39 is 10.0 Å². The first-order valence-electron chi connectivity index (χ1n) is 6.97. The average molecular weight is 320 g/mol. The molecule has 2 aromatic rings. The van der Waals surface area contributed by atoms with Gasteiger partial charge in [-0.1, -0.05) is 18.2 Å². The van der Waals surface area contributed by atoms with Crippen LogP contribution in [0.3, 0.4) is 0 Å². The van der Waals surface area contributed by atoms with Gasteiger partial charge in [0.15, 0.2) is 0 Å². The summed E-state index contributed by atoms with van der Waals surface area (Å²) in [6.45, 7) is 0.645. The third-order valence-corrected chi connectivity index (χ3v) is 7.65. The van der Waals surface area contributed by atoms with Crippen LogP contribution in [0.4, 0.5) is 5.69 Å². The highest BCUT2D eigenvalue weighted by atomic mass is 32.2. The molecule has 2 saturated heterocycles. The number of nitrogens with two attached hydrogens (primary N) is 1. The number of sulfonamides is 1. The number of rotatable bonds is 2. The van der Waals surface area contributed by atoms with Crippen LogP contribution in [0.1, 0.15) is 6.42 Å². The summed E-state index contributed by atoms with van der Waals surface area (Å²) in [5.41, 5.74) is 6.60. The summed E-state index contributed by atoms with van der Waals surface area (Å²) in [4.78, 5) is 0.373. The van der Waals surface area contributed by atoms with Gasteiger partial charge in [0.2, 0.25) is 10.0 Å². The maximum absolute atomic E-state index is 12.8. The lowest BCUT2D eigenvalue weighted by atomic mass is 10.1. The third-order valence-electron chi connectivity index (χ3n) is 4.34. The molecular formula is C15H16N2O2S2. The van der Waals surface area contributed by atoms with Gasteiger partial charge in [-0.25, -0.2) is 8.42 Å². The summed E-state index contributed by atoms with van der Waals surface area (Å²) in [6.07, 6.45) is 0.991. The topological polar surface area (TPSA) is 63.4 Å². The monoisotopic (exact) mass is 320 g/mol. The number of hydrogen-bond acceptors (Lipinski definition) is 4. The Kier molecular flexibility index (Phi) is 2.96. The highest BCUT2D eigenvalue weighted by Gasteiger charge is 2.44. The van der Waals surface area contributed by atoms with E-state index in [9.17, 15) is 8.42 Å². The maximum atomic E-state index is 12.8. The predicted molar refractivity (Wildman–Crippen MR) is 86.9 cm³/mol. The van der Waals surface area contributed by atoms with Crippen LogP contribution >= 0.6 is 11.8 Å². The van der Waals surface area contributed by atoms with E-state index >= 15 is 0 Å². The molecule has 2 atom stereocenters. The lowest BCUT2D eigenvalue weighted by Gasteiger charge is -2.26. The number of thioether (sulfide) groups is 1. The summed E-state index contributed by atoms with van der Waals surface area (Å²) in [7, 11) is -3.39. The highest BCUT2D eigenvalue weighted by Crippen LogP contribution is 2.40. The van der Waals surface area contributed by atoms with Gasteiger partial charge < -0.3 is 5.73 Å². The van der Waals surface area contributed by atoms with Crippen LogP contribution in [0.2, 0.25) is 0 Å². The molecule has 0 amide bonds. The SMILES string of the molecule is Nc1cccc2cc(S(=O)(=O)N3CC4CC3CS4)ccc12. The summed E-state index contributed by atoms with van der Waals surface area (Å²) < 4.78 is 27.4. The van der Waals surface area contributed by atoms with Crippen LogP contribution in [0, 0.1) is 0 Å². The second-order valence-corrected chi connectivity index (χ2v) is 8.87. The fraction of sp³-hybridized carbons (Fsp3) is 0.333. The first-order valence-corrected chi connectivity index (χ1v) is 9.46. The van der Waals surface area contributed by atoms with Crippen molar-refractivity contribution in [3.8, 4) is 0 Å². The molecule has 2 aliphatic heterocycles. The molecule has 21 heavy (non-hydrogen) atoms. The van der Waals surface area contributed by atoms with Crippen LogP contribution < -0.4 is 5.73 Å². The smallest absolute Gasteiger partial charge is 0.243 e. The zero-order chi connectivity index (χ0) is 14.6. The molecule has 2 heterocycles. The third kappa shape index (κ3) is 2.05. The van der Waals surface area contributed by atoms with Crippen molar-refractivity contribution in [3.05, 3.63) is 36.4 Å². The number of nitrogens with zero attached hydrogens (tertiary/aromatic N) is 1. The fourth-order valence-electron chi connectivity index (χ4n) is 3.24. The summed E-state index contributed by atoms with van der Waals surface area (Å²) >= 11 is 1.89. The maximum Gasteiger partial charge on any atom is 0.243 e. The van der Waals surface area contributed by atoms with Gasteiger partial charge in [0.25, 0.3) is 0 Å². The van der Waals surface area contributed by atoms with Crippen molar-refractivity contribution in [3.63, 3.8) is 0 Å². The normalized spacial score (nSPS) is 25.7. The zero-order valence-electron chi connectivity index (χ0n) is 11.4. The summed E-state index contributed by atoms with van der Waals surface area (Å²) in [5.74, 6) is 0.921. The molecular weight excluding hydrogens is 304 g/mol. The molecule has 110 valence electrons. The lowest BCUT2D eigenvalue weighted by Crippen LogP contribution is -2.39. The largest absolute Gasteiger partial charge is 0.398 e. The molecule has 4 nitrogen and oxygen atoms in total. The van der Waals surface area contributed by atoms with Gasteiger partial charge in [0.05, 0.1) is 4.90 Å². The highest BCUT2D eigenvalue weighted by molar-refractivity contribution is 8.00. The molecule has 0 radical (unpaired) electrons. The molecule has 0 aromatic heterocycles. The van der Waals surface area contributed by atoms with Crippen molar-refractivity contribution in [1.82, 2.24) is 4.31 Å². The molecule has 0 saturated carbocycles. The zero-order valence-corrected chi connectivity index (χ0v) is 13.0. The van der Waals surface area contributed by atoms with Crippen LogP contribution in [0.15, 0.2) is 41.3 Å². The van der Waals surface area contributed by atoms with Crippen molar-refractivity contribution in [2.75, 3.05) is 18.0 Å². The van der Waals surface area contributed by atoms with Gasteiger partial charge in [0.1, 0.15) is 0 Å². The molecule has 2 aromatic carbocycles. The predicted octanol–water partition coefficient (Wildman–Crippen LogP) is 2.30. The van der Waals surface area contributed by atoms with Crippen LogP contribution in [0.25, 0.3) is 10.8 Å². The number of anilines is 1. The second-order valence-electron chi connectivity index (χ2n) is 5.65. The Hall–Kier alpha value is -1.24. The van der Waals surface area contributed by atoms with E-state index in [-0.39, 0.29) is 6.04 Å². The minimum Gasteiger partial charge on any atom is -0.398 e. The van der Waals surface area contributed by atoms with Gasteiger partial charge in [-0.3, -0.25) is 0 Å². The number of fused-ring (bicyclic) bond motifs is 3. The van der Waals surface area contributed by atoms with E-state index in [0.29, 0.717) is 22.4 Å². The molecule has 4 rings (SSSR count). The van der Waals surface area contributed by atoms with Gasteiger partial charge >= 0.3 is 0 Å². The molecule has 0 spiro atoms. The van der Waals surface area contributed by atoms with Crippen LogP contribution in [-0.4, -0.2) is 36.3 Å². The first-order chi connectivity index (χ1) is 10.1. The van der Waals surface area contributed by atoms with Crippen molar-refractivity contribution in [2.24, 2.45) is 0 Å². The van der Waals surface area contributed by atoms with E-state index in [4.69, 9.17) is 5.73 Å². The molecule has 2 aliphatic rings. The number of benzene rings is 2. The van der Waals surface area contributed by atoms with E-state index in [0.717, 1.165) is 22.9 Å². The van der Waals surface area contributed by atoms with Crippen molar-refractivity contribution in [2.45, 2.75) is 22.6 Å². The quantitative estimate of drug-likeness (QED) is 0.863. The standard InChI is InChI=1S/C15H16N2O2S2/c16-15-3-1-2-10-6-13(4-5-14(10)15)21(18,19)17-8-12-7-11(17)9-20-12/h1-6,11-12H,7-9,16H2. The number of nitrogen functional groups attached to an aromatic ring is 1. The van der Waals surface area contributed by atoms with E-state index in [1.807, 2.05) is 30.0 Å². The molecule has 2 bridgehead atoms. The second kappa shape index (κ2) is 4.63. The fourth-order valence-corrected chi connectivity index (χ4v) is 6.58. The van der Waals surface area contributed by atoms with Crippen molar-refractivity contribution < 1.29 is 8.42 Å². The summed E-state index contributed by atoms with van der Waals surface area (Å²) in [5, 5.41) is 2.24. The Morgan fingerprint density at radius 3 is 2.81 bits per heavy atom. The molecule has 2 fully saturated rings.